The van der Waals surface area contributed by atoms with E-state index < -0.39 is 0 Å². The Morgan fingerprint density at radius 1 is 1.00 bits per heavy atom. The Balaban J connectivity index is 1.14. The first kappa shape index (κ1) is 23.6. The van der Waals surface area contributed by atoms with Crippen LogP contribution >= 0.6 is 0 Å². The van der Waals surface area contributed by atoms with Crippen molar-refractivity contribution < 1.29 is 5.11 Å². The summed E-state index contributed by atoms with van der Waals surface area (Å²) < 4.78 is 1.88. The summed E-state index contributed by atoms with van der Waals surface area (Å²) in [6.07, 6.45) is 12.5. The minimum atomic E-state index is 0.112. The molecule has 10 nitrogen and oxygen atoms in total. The second kappa shape index (κ2) is 9.59. The quantitative estimate of drug-likeness (QED) is 0.354. The molecule has 6 rings (SSSR count). The van der Waals surface area contributed by atoms with E-state index >= 15 is 0 Å². The third-order valence-electron chi connectivity index (χ3n) is 8.22. The lowest BCUT2D eigenvalue weighted by Gasteiger charge is -2.33. The zero-order valence-corrected chi connectivity index (χ0v) is 20.9. The Kier molecular flexibility index (Phi) is 6.11. The average molecular weight is 502 g/mol. The fraction of sp³-hybridized carbons (Fsp3) is 0.444. The summed E-state index contributed by atoms with van der Waals surface area (Å²) in [5.41, 5.74) is 22.0. The van der Waals surface area contributed by atoms with Crippen LogP contribution in [-0.2, 0) is 0 Å². The number of nitrogens with two attached hydrogens (primary N) is 3. The van der Waals surface area contributed by atoms with Crippen LogP contribution in [0.5, 0.6) is 5.75 Å². The van der Waals surface area contributed by atoms with Crippen molar-refractivity contribution in [3.63, 3.8) is 0 Å². The summed E-state index contributed by atoms with van der Waals surface area (Å²) in [4.78, 5) is 11.7. The summed E-state index contributed by atoms with van der Waals surface area (Å²) in [7, 11) is 0. The normalized spacial score (nSPS) is 24.5. The Labute approximate surface area is 216 Å². The molecule has 0 amide bonds. The lowest BCUT2D eigenvalue weighted by atomic mass is 9.88. The second-order valence-corrected chi connectivity index (χ2v) is 10.6. The summed E-state index contributed by atoms with van der Waals surface area (Å²) >= 11 is 0. The number of fused-ring (bicyclic) bond motifs is 2. The number of aromatic nitrogens is 4. The molecule has 0 aliphatic carbocycles. The number of benzene rings is 1. The van der Waals surface area contributed by atoms with Gasteiger partial charge in [0.25, 0.3) is 0 Å². The smallest absolute Gasteiger partial charge is 0.225 e. The van der Waals surface area contributed by atoms with Crippen LogP contribution in [0.2, 0.25) is 0 Å². The van der Waals surface area contributed by atoms with Crippen LogP contribution in [0.25, 0.3) is 11.8 Å². The van der Waals surface area contributed by atoms with Crippen molar-refractivity contribution in [2.75, 3.05) is 29.5 Å². The van der Waals surface area contributed by atoms with E-state index in [4.69, 9.17) is 27.2 Å². The van der Waals surface area contributed by atoms with E-state index in [1.165, 1.54) is 31.2 Å². The van der Waals surface area contributed by atoms with E-state index in [2.05, 4.69) is 15.3 Å². The van der Waals surface area contributed by atoms with Crippen LogP contribution in [0.4, 0.5) is 17.5 Å². The van der Waals surface area contributed by atoms with Gasteiger partial charge in [0.05, 0.1) is 11.7 Å². The Morgan fingerprint density at radius 3 is 2.35 bits per heavy atom. The molecule has 0 saturated carbocycles. The topological polar surface area (TPSA) is 157 Å². The van der Waals surface area contributed by atoms with Crippen molar-refractivity contribution in [1.29, 1.82) is 0 Å². The maximum Gasteiger partial charge on any atom is 0.225 e. The van der Waals surface area contributed by atoms with Gasteiger partial charge in [-0.2, -0.15) is 5.10 Å². The zero-order chi connectivity index (χ0) is 25.5. The van der Waals surface area contributed by atoms with E-state index in [-0.39, 0.29) is 17.6 Å². The van der Waals surface area contributed by atoms with Gasteiger partial charge in [-0.15, -0.1) is 0 Å². The number of nitrogens with one attached hydrogen (secondary N) is 1. The number of rotatable bonds is 5. The van der Waals surface area contributed by atoms with Gasteiger partial charge in [-0.3, -0.25) is 4.68 Å². The number of piperidine rings is 2. The van der Waals surface area contributed by atoms with Crippen LogP contribution < -0.4 is 27.4 Å². The highest BCUT2D eigenvalue weighted by molar-refractivity contribution is 5.86. The minimum absolute atomic E-state index is 0.112. The van der Waals surface area contributed by atoms with Crippen LogP contribution in [0.3, 0.4) is 0 Å². The molecule has 194 valence electrons. The molecule has 0 spiro atoms. The lowest BCUT2D eigenvalue weighted by Crippen LogP contribution is -2.37. The molecule has 2 bridgehead atoms. The predicted octanol–water partition coefficient (Wildman–Crippen LogP) is 2.84. The van der Waals surface area contributed by atoms with E-state index in [0.717, 1.165) is 31.9 Å². The van der Waals surface area contributed by atoms with Gasteiger partial charge < -0.3 is 32.5 Å². The minimum Gasteiger partial charge on any atom is -0.507 e. The van der Waals surface area contributed by atoms with Crippen molar-refractivity contribution in [1.82, 2.24) is 25.1 Å². The van der Waals surface area contributed by atoms with Crippen molar-refractivity contribution in [3.05, 3.63) is 53.5 Å². The van der Waals surface area contributed by atoms with Crippen LogP contribution in [0.15, 0.2) is 36.7 Å². The third kappa shape index (κ3) is 4.57. The van der Waals surface area contributed by atoms with Crippen molar-refractivity contribution in [3.8, 4) is 5.75 Å². The van der Waals surface area contributed by atoms with E-state index in [1.54, 1.807) is 24.3 Å². The fourth-order valence-corrected chi connectivity index (χ4v) is 6.19. The molecule has 37 heavy (non-hydrogen) atoms. The zero-order valence-electron chi connectivity index (χ0n) is 20.9. The molecule has 2 aromatic heterocycles. The SMILES string of the molecule is N/C(=C\c1c(N)c(N)nn1C1CCN(c2ncc(C3CC4CCC(C3)N4)cn2)CC1)c1ccccc1O. The number of hydrogen-bond donors (Lipinski definition) is 5. The molecular formula is C27H35N9O. The number of nitrogens with zero attached hydrogens (tertiary/aromatic N) is 5. The number of aromatic hydroxyl groups is 1. The molecular weight excluding hydrogens is 466 g/mol. The van der Waals surface area contributed by atoms with Gasteiger partial charge in [-0.1, -0.05) is 12.1 Å². The summed E-state index contributed by atoms with van der Waals surface area (Å²) in [5.74, 6) is 1.73. The molecule has 3 aliphatic heterocycles. The van der Waals surface area contributed by atoms with E-state index in [1.807, 2.05) is 23.1 Å². The van der Waals surface area contributed by atoms with Crippen LogP contribution in [0, 0.1) is 0 Å². The molecule has 10 heteroatoms. The number of hydrogen-bond acceptors (Lipinski definition) is 9. The largest absolute Gasteiger partial charge is 0.507 e. The summed E-state index contributed by atoms with van der Waals surface area (Å²) in [6, 6.07) is 8.37. The molecule has 2 unspecified atom stereocenters. The fourth-order valence-electron chi connectivity index (χ4n) is 6.19. The molecule has 5 heterocycles. The number of phenolic OH excluding ortho intramolecular Hbond substituents is 1. The van der Waals surface area contributed by atoms with Gasteiger partial charge in [0.2, 0.25) is 5.95 Å². The molecule has 0 radical (unpaired) electrons. The molecule has 3 saturated heterocycles. The molecule has 1 aromatic carbocycles. The van der Waals surface area contributed by atoms with Gasteiger partial charge in [0, 0.05) is 48.8 Å². The highest BCUT2D eigenvalue weighted by Gasteiger charge is 2.34. The molecule has 3 aromatic rings. The highest BCUT2D eigenvalue weighted by Crippen LogP contribution is 2.37. The molecule has 8 N–H and O–H groups in total. The lowest BCUT2D eigenvalue weighted by molar-refractivity contribution is 0.360. The molecule has 2 atom stereocenters. The first-order chi connectivity index (χ1) is 18.0. The standard InChI is InChI=1S/C27H35N9O/c28-22(21-3-1-2-4-24(21)37)13-23-25(29)26(30)34-36(23)20-7-9-35(10-8-20)27-31-14-17(15-32-27)16-11-18-5-6-19(12-16)33-18/h1-4,13-16,18-20,33,37H,5-12,28-29H2,(H2,30,34)/b22-13-. The van der Waals surface area contributed by atoms with E-state index in [0.29, 0.717) is 40.6 Å². The van der Waals surface area contributed by atoms with Crippen molar-refractivity contribution in [2.45, 2.75) is 62.6 Å². The van der Waals surface area contributed by atoms with Crippen LogP contribution in [-0.4, -0.2) is 50.0 Å². The van der Waals surface area contributed by atoms with E-state index in [9.17, 15) is 5.11 Å². The Bertz CT molecular complexity index is 1280. The monoisotopic (exact) mass is 501 g/mol. The third-order valence-corrected chi connectivity index (χ3v) is 8.22. The van der Waals surface area contributed by atoms with Gasteiger partial charge in [-0.05, 0) is 68.2 Å². The predicted molar refractivity (Wildman–Crippen MR) is 146 cm³/mol. The number of nitrogen functional groups attached to an aromatic ring is 2. The first-order valence-corrected chi connectivity index (χ1v) is 13.2. The number of para-hydroxylation sites is 1. The maximum absolute atomic E-state index is 10.2. The second-order valence-electron chi connectivity index (χ2n) is 10.6. The Morgan fingerprint density at radius 2 is 1.68 bits per heavy atom. The van der Waals surface area contributed by atoms with Gasteiger partial charge in [0.1, 0.15) is 11.4 Å². The van der Waals surface area contributed by atoms with Gasteiger partial charge >= 0.3 is 0 Å². The Hall–Kier alpha value is -3.79. The molecule has 3 fully saturated rings. The highest BCUT2D eigenvalue weighted by atomic mass is 16.3. The average Bonchev–Trinajstić information content (AvgIpc) is 3.41. The summed E-state index contributed by atoms with van der Waals surface area (Å²) in [6.45, 7) is 1.61. The molecule has 3 aliphatic rings. The van der Waals surface area contributed by atoms with Crippen molar-refractivity contribution >= 4 is 29.2 Å². The van der Waals surface area contributed by atoms with Crippen molar-refractivity contribution in [2.24, 2.45) is 5.73 Å². The number of anilines is 3. The first-order valence-electron chi connectivity index (χ1n) is 13.2. The van der Waals surface area contributed by atoms with Crippen LogP contribution in [0.1, 0.15) is 67.3 Å². The van der Waals surface area contributed by atoms with Gasteiger partial charge in [0.15, 0.2) is 5.82 Å². The summed E-state index contributed by atoms with van der Waals surface area (Å²) in [5, 5.41) is 18.4. The maximum atomic E-state index is 10.2. The number of phenols is 1. The van der Waals surface area contributed by atoms with Gasteiger partial charge in [-0.25, -0.2) is 9.97 Å².